The summed E-state index contributed by atoms with van der Waals surface area (Å²) in [5.74, 6) is -0.248. The van der Waals surface area contributed by atoms with Crippen molar-refractivity contribution in [3.8, 4) is 0 Å². The SMILES string of the molecule is CCc1oc(C(=O)OC)cc1S(=O)(=O)NCC1CCCNC1.Cl. The van der Waals surface area contributed by atoms with Gasteiger partial charge < -0.3 is 14.5 Å². The minimum Gasteiger partial charge on any atom is -0.463 e. The van der Waals surface area contributed by atoms with Crippen LogP contribution in [0.4, 0.5) is 0 Å². The molecule has 1 aliphatic heterocycles. The average molecular weight is 367 g/mol. The maximum atomic E-state index is 12.4. The van der Waals surface area contributed by atoms with Gasteiger partial charge >= 0.3 is 5.97 Å². The van der Waals surface area contributed by atoms with Gasteiger partial charge in [0.1, 0.15) is 10.7 Å². The van der Waals surface area contributed by atoms with Gasteiger partial charge in [-0.05, 0) is 31.8 Å². The first-order valence-corrected chi connectivity index (χ1v) is 8.87. The Bertz CT molecular complexity index is 623. The summed E-state index contributed by atoms with van der Waals surface area (Å²) in [6.07, 6.45) is 2.41. The van der Waals surface area contributed by atoms with Crippen LogP contribution in [-0.2, 0) is 21.2 Å². The zero-order valence-electron chi connectivity index (χ0n) is 13.3. The Morgan fingerprint density at radius 1 is 1.52 bits per heavy atom. The third-order valence-corrected chi connectivity index (χ3v) is 5.20. The highest BCUT2D eigenvalue weighted by Gasteiger charge is 2.26. The van der Waals surface area contributed by atoms with E-state index in [1.165, 1.54) is 13.2 Å². The first-order valence-electron chi connectivity index (χ1n) is 7.39. The van der Waals surface area contributed by atoms with Gasteiger partial charge in [0.05, 0.1) is 7.11 Å². The van der Waals surface area contributed by atoms with Crippen LogP contribution >= 0.6 is 12.4 Å². The molecule has 2 rings (SSSR count). The number of esters is 1. The van der Waals surface area contributed by atoms with Crippen molar-refractivity contribution < 1.29 is 22.4 Å². The van der Waals surface area contributed by atoms with Crippen molar-refractivity contribution in [2.45, 2.75) is 31.1 Å². The standard InChI is InChI=1S/C14H22N2O5S.ClH/c1-3-11-13(7-12(21-11)14(17)20-2)22(18,19)16-9-10-5-4-6-15-8-10;/h7,10,15-16H,3-6,8-9H2,1-2H3;1H. The number of furan rings is 1. The highest BCUT2D eigenvalue weighted by atomic mass is 35.5. The zero-order chi connectivity index (χ0) is 16.2. The Morgan fingerprint density at radius 2 is 2.26 bits per heavy atom. The lowest BCUT2D eigenvalue weighted by Crippen LogP contribution is -2.38. The molecule has 1 atom stereocenters. The summed E-state index contributed by atoms with van der Waals surface area (Å²) < 4.78 is 37.3. The lowest BCUT2D eigenvalue weighted by molar-refractivity contribution is 0.0563. The molecule has 1 aromatic rings. The number of halogens is 1. The van der Waals surface area contributed by atoms with Crippen LogP contribution in [0.1, 0.15) is 36.1 Å². The number of nitrogens with one attached hydrogen (secondary N) is 2. The Labute approximate surface area is 142 Å². The van der Waals surface area contributed by atoms with Crippen molar-refractivity contribution in [1.29, 1.82) is 0 Å². The molecule has 0 aliphatic carbocycles. The molecule has 132 valence electrons. The van der Waals surface area contributed by atoms with Gasteiger partial charge in [-0.1, -0.05) is 6.92 Å². The molecule has 1 saturated heterocycles. The van der Waals surface area contributed by atoms with Crippen LogP contribution in [0.15, 0.2) is 15.4 Å². The summed E-state index contributed by atoms with van der Waals surface area (Å²) in [6, 6.07) is 1.23. The number of hydrogen-bond donors (Lipinski definition) is 2. The summed E-state index contributed by atoms with van der Waals surface area (Å²) in [5.41, 5.74) is 0. The molecule has 9 heteroatoms. The van der Waals surface area contributed by atoms with E-state index >= 15 is 0 Å². The van der Waals surface area contributed by atoms with Crippen molar-refractivity contribution >= 4 is 28.4 Å². The van der Waals surface area contributed by atoms with Gasteiger partial charge in [-0.15, -0.1) is 12.4 Å². The Balaban J connectivity index is 0.00000264. The van der Waals surface area contributed by atoms with E-state index in [0.717, 1.165) is 25.9 Å². The molecule has 2 N–H and O–H groups in total. The van der Waals surface area contributed by atoms with E-state index in [0.29, 0.717) is 13.0 Å². The summed E-state index contributed by atoms with van der Waals surface area (Å²) in [6.45, 7) is 3.93. The van der Waals surface area contributed by atoms with Gasteiger partial charge in [0.2, 0.25) is 15.8 Å². The number of carbonyl (C=O) groups is 1. The molecule has 0 saturated carbocycles. The molecular formula is C14H23ClN2O5S. The van der Waals surface area contributed by atoms with E-state index in [-0.39, 0.29) is 34.7 Å². The van der Waals surface area contributed by atoms with Crippen molar-refractivity contribution in [2.24, 2.45) is 5.92 Å². The number of ether oxygens (including phenoxy) is 1. The van der Waals surface area contributed by atoms with Crippen molar-refractivity contribution in [1.82, 2.24) is 10.0 Å². The molecule has 1 fully saturated rings. The predicted octanol–water partition coefficient (Wildman–Crippen LogP) is 1.33. The Morgan fingerprint density at radius 3 is 2.83 bits per heavy atom. The van der Waals surface area contributed by atoms with Gasteiger partial charge in [0.25, 0.3) is 0 Å². The smallest absolute Gasteiger partial charge is 0.373 e. The fraction of sp³-hybridized carbons (Fsp3) is 0.643. The number of methoxy groups -OCH3 is 1. The molecule has 0 bridgehead atoms. The van der Waals surface area contributed by atoms with Crippen LogP contribution in [0.2, 0.25) is 0 Å². The average Bonchev–Trinajstić information content (AvgIpc) is 2.98. The summed E-state index contributed by atoms with van der Waals surface area (Å²) in [7, 11) is -2.48. The number of rotatable bonds is 6. The number of carbonyl (C=O) groups excluding carboxylic acids is 1. The van der Waals surface area contributed by atoms with Crippen LogP contribution in [0.3, 0.4) is 0 Å². The molecule has 1 aromatic heterocycles. The second-order valence-electron chi connectivity index (χ2n) is 5.31. The number of aryl methyl sites for hydroxylation is 1. The molecule has 1 aliphatic rings. The minimum atomic E-state index is -3.70. The van der Waals surface area contributed by atoms with E-state index in [2.05, 4.69) is 14.8 Å². The highest BCUT2D eigenvalue weighted by Crippen LogP contribution is 2.22. The first-order chi connectivity index (χ1) is 10.5. The molecule has 0 amide bonds. The molecule has 0 radical (unpaired) electrons. The van der Waals surface area contributed by atoms with Gasteiger partial charge in [-0.3, -0.25) is 0 Å². The third kappa shape index (κ3) is 4.94. The topological polar surface area (TPSA) is 97.6 Å². The lowest BCUT2D eigenvalue weighted by Gasteiger charge is -2.22. The quantitative estimate of drug-likeness (QED) is 0.737. The summed E-state index contributed by atoms with van der Waals surface area (Å²) in [4.78, 5) is 11.5. The fourth-order valence-electron chi connectivity index (χ4n) is 2.49. The predicted molar refractivity (Wildman–Crippen MR) is 87.5 cm³/mol. The highest BCUT2D eigenvalue weighted by molar-refractivity contribution is 7.89. The molecule has 0 spiro atoms. The first kappa shape index (κ1) is 20.0. The van der Waals surface area contributed by atoms with Crippen molar-refractivity contribution in [3.05, 3.63) is 17.6 Å². The number of hydrogen-bond acceptors (Lipinski definition) is 6. The summed E-state index contributed by atoms with van der Waals surface area (Å²) in [5, 5.41) is 3.25. The Kier molecular flexibility index (Phi) is 7.53. The van der Waals surface area contributed by atoms with Gasteiger partial charge in [-0.2, -0.15) is 0 Å². The largest absolute Gasteiger partial charge is 0.463 e. The van der Waals surface area contributed by atoms with E-state index in [1.54, 1.807) is 6.92 Å². The lowest BCUT2D eigenvalue weighted by atomic mass is 10.0. The molecular weight excluding hydrogens is 344 g/mol. The van der Waals surface area contributed by atoms with E-state index in [4.69, 9.17) is 4.42 Å². The Hall–Kier alpha value is -1.09. The third-order valence-electron chi connectivity index (χ3n) is 3.73. The normalized spacial score (nSPS) is 18.3. The van der Waals surface area contributed by atoms with Crippen molar-refractivity contribution in [3.63, 3.8) is 0 Å². The van der Waals surface area contributed by atoms with Gasteiger partial charge in [0, 0.05) is 19.0 Å². The van der Waals surface area contributed by atoms with E-state index in [1.807, 2.05) is 0 Å². The van der Waals surface area contributed by atoms with E-state index < -0.39 is 16.0 Å². The second-order valence-corrected chi connectivity index (χ2v) is 7.04. The van der Waals surface area contributed by atoms with Crippen LogP contribution in [-0.4, -0.2) is 41.1 Å². The van der Waals surface area contributed by atoms with Crippen molar-refractivity contribution in [2.75, 3.05) is 26.7 Å². The zero-order valence-corrected chi connectivity index (χ0v) is 14.9. The van der Waals surface area contributed by atoms with Gasteiger partial charge in [-0.25, -0.2) is 17.9 Å². The molecule has 7 nitrogen and oxygen atoms in total. The monoisotopic (exact) mass is 366 g/mol. The minimum absolute atomic E-state index is 0. The molecule has 23 heavy (non-hydrogen) atoms. The van der Waals surface area contributed by atoms with Crippen LogP contribution < -0.4 is 10.0 Å². The van der Waals surface area contributed by atoms with Gasteiger partial charge in [0.15, 0.2) is 0 Å². The maximum absolute atomic E-state index is 12.4. The molecule has 1 unspecified atom stereocenters. The van der Waals surface area contributed by atoms with Crippen LogP contribution in [0.25, 0.3) is 0 Å². The molecule has 2 heterocycles. The number of sulfonamides is 1. The van der Waals surface area contributed by atoms with Crippen LogP contribution in [0, 0.1) is 5.92 Å². The fourth-order valence-corrected chi connectivity index (χ4v) is 3.85. The van der Waals surface area contributed by atoms with E-state index in [9.17, 15) is 13.2 Å². The number of piperidine rings is 1. The molecule has 0 aromatic carbocycles. The second kappa shape index (κ2) is 8.68. The van der Waals surface area contributed by atoms with Crippen LogP contribution in [0.5, 0.6) is 0 Å². The maximum Gasteiger partial charge on any atom is 0.373 e. The summed E-state index contributed by atoms with van der Waals surface area (Å²) >= 11 is 0.